The Hall–Kier alpha value is -3.41. The molecule has 0 atom stereocenters. The molecular formula is C19H12F2N2O2. The van der Waals surface area contributed by atoms with Crippen molar-refractivity contribution >= 4 is 5.52 Å². The zero-order valence-corrected chi connectivity index (χ0v) is 12.8. The molecule has 0 fully saturated rings. The van der Waals surface area contributed by atoms with Gasteiger partial charge in [0, 0.05) is 17.8 Å². The summed E-state index contributed by atoms with van der Waals surface area (Å²) in [6, 6.07) is 13.2. The number of benzene rings is 2. The molecule has 0 aliphatic rings. The summed E-state index contributed by atoms with van der Waals surface area (Å²) >= 11 is 0. The van der Waals surface area contributed by atoms with Gasteiger partial charge in [-0.05, 0) is 36.4 Å². The van der Waals surface area contributed by atoms with Crippen LogP contribution in [0.25, 0.3) is 28.2 Å². The van der Waals surface area contributed by atoms with E-state index in [1.165, 1.54) is 18.2 Å². The van der Waals surface area contributed by atoms with Crippen molar-refractivity contribution < 1.29 is 19.0 Å². The number of aromatic hydroxyl groups is 2. The lowest BCUT2D eigenvalue weighted by Crippen LogP contribution is -1.90. The summed E-state index contributed by atoms with van der Waals surface area (Å²) in [6.45, 7) is 0. The lowest BCUT2D eigenvalue weighted by molar-refractivity contribution is 0.434. The second-order valence-electron chi connectivity index (χ2n) is 5.54. The Bertz CT molecular complexity index is 1110. The minimum Gasteiger partial charge on any atom is -0.507 e. The van der Waals surface area contributed by atoms with Crippen molar-refractivity contribution in [3.63, 3.8) is 0 Å². The Labute approximate surface area is 141 Å². The van der Waals surface area contributed by atoms with E-state index in [2.05, 4.69) is 4.98 Å². The Balaban J connectivity index is 2.04. The maximum absolute atomic E-state index is 13.7. The third-order valence-electron chi connectivity index (χ3n) is 3.99. The molecule has 0 amide bonds. The topological polar surface area (TPSA) is 57.8 Å². The number of halogens is 2. The summed E-state index contributed by atoms with van der Waals surface area (Å²) in [4.78, 5) is 4.48. The first-order chi connectivity index (χ1) is 12.1. The first-order valence-electron chi connectivity index (χ1n) is 7.50. The number of nitrogens with zero attached hydrogens (tertiary/aromatic N) is 2. The van der Waals surface area contributed by atoms with Crippen LogP contribution in [-0.2, 0) is 0 Å². The first kappa shape index (κ1) is 15.1. The molecule has 0 aliphatic heterocycles. The normalized spacial score (nSPS) is 11.1. The average Bonchev–Trinajstić information content (AvgIpc) is 2.97. The van der Waals surface area contributed by atoms with E-state index >= 15 is 0 Å². The number of fused-ring (bicyclic) bond motifs is 1. The van der Waals surface area contributed by atoms with Gasteiger partial charge in [0.2, 0.25) is 0 Å². The van der Waals surface area contributed by atoms with Gasteiger partial charge in [0.1, 0.15) is 23.1 Å². The Morgan fingerprint density at radius 2 is 1.72 bits per heavy atom. The van der Waals surface area contributed by atoms with Gasteiger partial charge >= 0.3 is 0 Å². The maximum atomic E-state index is 13.7. The van der Waals surface area contributed by atoms with E-state index in [0.29, 0.717) is 22.6 Å². The highest BCUT2D eigenvalue weighted by atomic mass is 19.1. The molecule has 0 saturated carbocycles. The molecule has 0 unspecified atom stereocenters. The van der Waals surface area contributed by atoms with Crippen LogP contribution >= 0.6 is 0 Å². The number of hydrogen-bond donors (Lipinski definition) is 2. The molecule has 2 aromatic carbocycles. The van der Waals surface area contributed by atoms with E-state index in [4.69, 9.17) is 0 Å². The number of phenolic OH excluding ortho intramolecular Hbond substituents is 2. The minimum absolute atomic E-state index is 0.217. The van der Waals surface area contributed by atoms with Gasteiger partial charge in [-0.2, -0.15) is 0 Å². The highest BCUT2D eigenvalue weighted by Crippen LogP contribution is 2.37. The lowest BCUT2D eigenvalue weighted by Gasteiger charge is -2.04. The number of phenols is 2. The van der Waals surface area contributed by atoms with E-state index in [9.17, 15) is 19.0 Å². The number of aromatic nitrogens is 2. The van der Waals surface area contributed by atoms with Gasteiger partial charge in [0.25, 0.3) is 0 Å². The molecule has 4 nitrogen and oxygen atoms in total. The van der Waals surface area contributed by atoms with Crippen LogP contribution in [0.5, 0.6) is 11.5 Å². The van der Waals surface area contributed by atoms with E-state index < -0.39 is 17.4 Å². The van der Waals surface area contributed by atoms with Gasteiger partial charge in [-0.25, -0.2) is 13.8 Å². The van der Waals surface area contributed by atoms with Crippen molar-refractivity contribution in [2.45, 2.75) is 0 Å². The molecule has 124 valence electrons. The van der Waals surface area contributed by atoms with Crippen molar-refractivity contribution in [3.8, 4) is 34.1 Å². The zero-order valence-electron chi connectivity index (χ0n) is 12.8. The quantitative estimate of drug-likeness (QED) is 0.571. The number of pyridine rings is 1. The van der Waals surface area contributed by atoms with E-state index in [1.54, 1.807) is 34.9 Å². The van der Waals surface area contributed by atoms with Crippen molar-refractivity contribution in [2.24, 2.45) is 0 Å². The smallest absolute Gasteiger partial charge is 0.165 e. The fourth-order valence-electron chi connectivity index (χ4n) is 2.83. The number of hydrogen-bond acceptors (Lipinski definition) is 3. The Morgan fingerprint density at radius 3 is 2.52 bits per heavy atom. The first-order valence-corrected chi connectivity index (χ1v) is 7.50. The molecule has 0 spiro atoms. The summed E-state index contributed by atoms with van der Waals surface area (Å²) in [5.74, 6) is -1.76. The third kappa shape index (κ3) is 2.39. The van der Waals surface area contributed by atoms with Gasteiger partial charge < -0.3 is 10.2 Å². The van der Waals surface area contributed by atoms with E-state index in [0.717, 1.165) is 12.1 Å². The summed E-state index contributed by atoms with van der Waals surface area (Å²) in [5.41, 5.74) is 1.58. The van der Waals surface area contributed by atoms with Gasteiger partial charge in [0.05, 0.1) is 11.1 Å². The molecule has 2 heterocycles. The molecule has 2 N–H and O–H groups in total. The summed E-state index contributed by atoms with van der Waals surface area (Å²) in [7, 11) is 0. The highest BCUT2D eigenvalue weighted by molar-refractivity contribution is 5.84. The third-order valence-corrected chi connectivity index (χ3v) is 3.99. The van der Waals surface area contributed by atoms with Crippen LogP contribution in [0.4, 0.5) is 8.78 Å². The summed E-state index contributed by atoms with van der Waals surface area (Å²) in [5, 5.41) is 20.1. The van der Waals surface area contributed by atoms with Crippen LogP contribution in [-0.4, -0.2) is 19.6 Å². The average molecular weight is 338 g/mol. The predicted molar refractivity (Wildman–Crippen MR) is 89.3 cm³/mol. The van der Waals surface area contributed by atoms with Crippen LogP contribution in [0.3, 0.4) is 0 Å². The van der Waals surface area contributed by atoms with Crippen molar-refractivity contribution in [3.05, 3.63) is 72.4 Å². The number of para-hydroxylation sites is 1. The van der Waals surface area contributed by atoms with Gasteiger partial charge in [-0.15, -0.1) is 0 Å². The molecule has 2 aromatic heterocycles. The van der Waals surface area contributed by atoms with Crippen LogP contribution in [0.1, 0.15) is 0 Å². The standard InChI is InChI=1S/C19H12F2N2O2/c20-11-7-8-12(16(24)10-11)17-15-6-1-2-9-23(15)19(22-17)13-4-3-5-14(21)18(13)25/h1-10,24-25H. The maximum Gasteiger partial charge on any atom is 0.165 e. The summed E-state index contributed by atoms with van der Waals surface area (Å²) < 4.78 is 28.7. The largest absolute Gasteiger partial charge is 0.507 e. The molecule has 0 bridgehead atoms. The van der Waals surface area contributed by atoms with Crippen molar-refractivity contribution in [2.75, 3.05) is 0 Å². The molecule has 0 aliphatic carbocycles. The van der Waals surface area contributed by atoms with Crippen LogP contribution in [0.15, 0.2) is 60.8 Å². The molecular weight excluding hydrogens is 326 g/mol. The minimum atomic E-state index is -0.753. The Kier molecular flexibility index (Phi) is 3.39. The Morgan fingerprint density at radius 1 is 0.880 bits per heavy atom. The van der Waals surface area contributed by atoms with Crippen molar-refractivity contribution in [1.29, 1.82) is 0 Å². The van der Waals surface area contributed by atoms with Crippen molar-refractivity contribution in [1.82, 2.24) is 9.38 Å². The van der Waals surface area contributed by atoms with Gasteiger partial charge in [-0.1, -0.05) is 12.1 Å². The molecule has 0 radical (unpaired) electrons. The van der Waals surface area contributed by atoms with E-state index in [1.807, 2.05) is 0 Å². The fourth-order valence-corrected chi connectivity index (χ4v) is 2.83. The van der Waals surface area contributed by atoms with Crippen LogP contribution in [0, 0.1) is 11.6 Å². The molecule has 25 heavy (non-hydrogen) atoms. The number of rotatable bonds is 2. The monoisotopic (exact) mass is 338 g/mol. The van der Waals surface area contributed by atoms with Crippen LogP contribution in [0.2, 0.25) is 0 Å². The molecule has 6 heteroatoms. The van der Waals surface area contributed by atoms with Crippen LogP contribution < -0.4 is 0 Å². The molecule has 4 aromatic rings. The van der Waals surface area contributed by atoms with E-state index in [-0.39, 0.29) is 11.3 Å². The van der Waals surface area contributed by atoms with Gasteiger partial charge in [-0.3, -0.25) is 4.40 Å². The second kappa shape index (κ2) is 5.59. The zero-order chi connectivity index (χ0) is 17.6. The fraction of sp³-hybridized carbons (Fsp3) is 0. The molecule has 0 saturated heterocycles. The predicted octanol–water partition coefficient (Wildman–Crippen LogP) is 4.36. The lowest BCUT2D eigenvalue weighted by atomic mass is 10.1. The highest BCUT2D eigenvalue weighted by Gasteiger charge is 2.19. The second-order valence-corrected chi connectivity index (χ2v) is 5.54. The summed E-state index contributed by atoms with van der Waals surface area (Å²) in [6.07, 6.45) is 1.71. The molecule has 4 rings (SSSR count). The number of imidazole rings is 1. The van der Waals surface area contributed by atoms with Gasteiger partial charge in [0.15, 0.2) is 11.6 Å². The SMILES string of the molecule is Oc1cc(F)ccc1-c1nc(-c2cccc(F)c2O)n2ccccc12.